The topological polar surface area (TPSA) is 38.8 Å². The van der Waals surface area contributed by atoms with Crippen molar-refractivity contribution in [3.63, 3.8) is 0 Å². The first-order chi connectivity index (χ1) is 11.7. The van der Waals surface area contributed by atoms with Gasteiger partial charge in [0.1, 0.15) is 0 Å². The molecule has 0 saturated heterocycles. The van der Waals surface area contributed by atoms with Crippen LogP contribution >= 0.6 is 0 Å². The number of fused-ring (bicyclic) bond motifs is 1. The van der Waals surface area contributed by atoms with Crippen LogP contribution in [0.4, 0.5) is 5.69 Å². The third-order valence-electron chi connectivity index (χ3n) is 3.97. The number of carbonyl (C=O) groups is 1. The van der Waals surface area contributed by atoms with E-state index in [0.29, 0.717) is 24.5 Å². The van der Waals surface area contributed by atoms with Gasteiger partial charge in [-0.3, -0.25) is 4.79 Å². The number of para-hydroxylation sites is 1. The number of nitrogens with zero attached hydrogens (tertiary/aromatic N) is 1. The van der Waals surface area contributed by atoms with Gasteiger partial charge in [0.15, 0.2) is 11.5 Å². The molecule has 0 atom stereocenters. The number of amides is 1. The maximum absolute atomic E-state index is 12.5. The molecule has 0 unspecified atom stereocenters. The minimum atomic E-state index is 0.00282. The molecule has 0 spiro atoms. The summed E-state index contributed by atoms with van der Waals surface area (Å²) in [5, 5.41) is 0. The van der Waals surface area contributed by atoms with Crippen molar-refractivity contribution in [3.05, 3.63) is 53.6 Å². The van der Waals surface area contributed by atoms with Crippen LogP contribution in [0.1, 0.15) is 25.0 Å². The van der Waals surface area contributed by atoms with E-state index < -0.39 is 0 Å². The molecule has 1 aliphatic heterocycles. The van der Waals surface area contributed by atoms with E-state index in [1.165, 1.54) is 0 Å². The van der Waals surface area contributed by atoms with Crippen LogP contribution in [0.2, 0.25) is 0 Å². The van der Waals surface area contributed by atoms with Gasteiger partial charge in [0.25, 0.3) is 5.91 Å². The average molecular weight is 323 g/mol. The Morgan fingerprint density at radius 1 is 1.00 bits per heavy atom. The molecule has 0 bridgehead atoms. The molecule has 0 fully saturated rings. The molecule has 0 N–H and O–H groups in total. The van der Waals surface area contributed by atoms with Crippen molar-refractivity contribution >= 4 is 23.2 Å². The zero-order valence-corrected chi connectivity index (χ0v) is 14.2. The Bertz CT molecular complexity index is 795. The Balaban J connectivity index is 2.02. The molecule has 4 nitrogen and oxygen atoms in total. The first-order valence-electron chi connectivity index (χ1n) is 8.14. The van der Waals surface area contributed by atoms with Gasteiger partial charge in [-0.2, -0.15) is 0 Å². The highest BCUT2D eigenvalue weighted by molar-refractivity contribution is 6.35. The highest BCUT2D eigenvalue weighted by Crippen LogP contribution is 2.37. The molecule has 1 heterocycles. The first-order valence-corrected chi connectivity index (χ1v) is 8.14. The quantitative estimate of drug-likeness (QED) is 0.781. The van der Waals surface area contributed by atoms with Crippen molar-refractivity contribution in [3.8, 4) is 11.5 Å². The molecule has 1 aliphatic rings. The normalized spacial score (nSPS) is 14.9. The lowest BCUT2D eigenvalue weighted by molar-refractivity contribution is -0.112. The Morgan fingerprint density at radius 3 is 2.46 bits per heavy atom. The van der Waals surface area contributed by atoms with Crippen LogP contribution < -0.4 is 14.4 Å². The van der Waals surface area contributed by atoms with E-state index in [1.807, 2.05) is 62.4 Å². The lowest BCUT2D eigenvalue weighted by Crippen LogP contribution is -2.20. The molecular formula is C20H21NO3. The van der Waals surface area contributed by atoms with Crippen molar-refractivity contribution < 1.29 is 14.3 Å². The highest BCUT2D eigenvalue weighted by Gasteiger charge is 2.29. The van der Waals surface area contributed by atoms with Crippen molar-refractivity contribution in [1.82, 2.24) is 0 Å². The minimum absolute atomic E-state index is 0.00282. The van der Waals surface area contributed by atoms with E-state index in [2.05, 4.69) is 0 Å². The van der Waals surface area contributed by atoms with E-state index >= 15 is 0 Å². The lowest BCUT2D eigenvalue weighted by atomic mass is 10.0. The van der Waals surface area contributed by atoms with Crippen molar-refractivity contribution in [2.45, 2.75) is 13.8 Å². The number of hydrogen-bond acceptors (Lipinski definition) is 3. The molecule has 124 valence electrons. The molecule has 0 saturated carbocycles. The Labute approximate surface area is 142 Å². The van der Waals surface area contributed by atoms with E-state index in [0.717, 1.165) is 22.6 Å². The third-order valence-corrected chi connectivity index (χ3v) is 3.97. The lowest BCUT2D eigenvalue weighted by Gasteiger charge is -2.11. The zero-order valence-electron chi connectivity index (χ0n) is 14.2. The van der Waals surface area contributed by atoms with E-state index in [-0.39, 0.29) is 5.91 Å². The predicted octanol–water partition coefficient (Wildman–Crippen LogP) is 4.00. The van der Waals surface area contributed by atoms with E-state index in [9.17, 15) is 4.79 Å². The standard InChI is InChI=1S/C20H21NO3/c1-4-23-18-11-10-14(13-19(18)24-5-2)12-16-15-8-6-7-9-17(15)21(3)20(16)22/h6-13H,4-5H2,1-3H3/b16-12+. The molecule has 2 aromatic carbocycles. The molecule has 0 radical (unpaired) electrons. The maximum Gasteiger partial charge on any atom is 0.258 e. The fraction of sp³-hybridized carbons (Fsp3) is 0.250. The molecule has 0 aliphatic carbocycles. The number of anilines is 1. The average Bonchev–Trinajstić information content (AvgIpc) is 2.83. The number of carbonyl (C=O) groups excluding carboxylic acids is 1. The Hall–Kier alpha value is -2.75. The van der Waals surface area contributed by atoms with Crippen LogP contribution in [0.3, 0.4) is 0 Å². The third kappa shape index (κ3) is 2.87. The van der Waals surface area contributed by atoms with Gasteiger partial charge in [-0.25, -0.2) is 0 Å². The van der Waals surface area contributed by atoms with Crippen LogP contribution in [0.25, 0.3) is 11.6 Å². The second-order valence-corrected chi connectivity index (χ2v) is 5.51. The summed E-state index contributed by atoms with van der Waals surface area (Å²) in [6.45, 7) is 5.02. The minimum Gasteiger partial charge on any atom is -0.490 e. The molecule has 3 rings (SSSR count). The molecular weight excluding hydrogens is 302 g/mol. The van der Waals surface area contributed by atoms with Crippen molar-refractivity contribution in [1.29, 1.82) is 0 Å². The Morgan fingerprint density at radius 2 is 1.71 bits per heavy atom. The van der Waals surface area contributed by atoms with Gasteiger partial charge in [0.05, 0.1) is 18.9 Å². The molecule has 4 heteroatoms. The van der Waals surface area contributed by atoms with Crippen LogP contribution in [-0.2, 0) is 4.79 Å². The van der Waals surface area contributed by atoms with Gasteiger partial charge in [-0.1, -0.05) is 24.3 Å². The van der Waals surface area contributed by atoms with E-state index in [4.69, 9.17) is 9.47 Å². The summed E-state index contributed by atoms with van der Waals surface area (Å²) in [6, 6.07) is 13.6. The number of hydrogen-bond donors (Lipinski definition) is 0. The first kappa shape index (κ1) is 16.1. The summed E-state index contributed by atoms with van der Waals surface area (Å²) in [5.74, 6) is 1.42. The van der Waals surface area contributed by atoms with Crippen molar-refractivity contribution in [2.24, 2.45) is 0 Å². The second-order valence-electron chi connectivity index (χ2n) is 5.51. The highest BCUT2D eigenvalue weighted by atomic mass is 16.5. The molecule has 0 aromatic heterocycles. The maximum atomic E-state index is 12.5. The summed E-state index contributed by atoms with van der Waals surface area (Å²) in [7, 11) is 1.80. The number of likely N-dealkylation sites (N-methyl/N-ethyl adjacent to an activating group) is 1. The molecule has 2 aromatic rings. The number of benzene rings is 2. The van der Waals surface area contributed by atoms with Gasteiger partial charge in [0.2, 0.25) is 0 Å². The molecule has 1 amide bonds. The van der Waals surface area contributed by atoms with Crippen LogP contribution in [0, 0.1) is 0 Å². The smallest absolute Gasteiger partial charge is 0.258 e. The van der Waals surface area contributed by atoms with Crippen LogP contribution in [0.5, 0.6) is 11.5 Å². The van der Waals surface area contributed by atoms with Gasteiger partial charge >= 0.3 is 0 Å². The number of rotatable bonds is 5. The predicted molar refractivity (Wildman–Crippen MR) is 96.5 cm³/mol. The van der Waals surface area contributed by atoms with E-state index in [1.54, 1.807) is 11.9 Å². The second kappa shape index (κ2) is 6.79. The van der Waals surface area contributed by atoms with Gasteiger partial charge in [-0.05, 0) is 43.7 Å². The summed E-state index contributed by atoms with van der Waals surface area (Å²) < 4.78 is 11.3. The fourth-order valence-electron chi connectivity index (χ4n) is 2.86. The summed E-state index contributed by atoms with van der Waals surface area (Å²) in [6.07, 6.45) is 1.91. The van der Waals surface area contributed by atoms with Gasteiger partial charge in [0, 0.05) is 18.2 Å². The Kier molecular flexibility index (Phi) is 4.56. The largest absolute Gasteiger partial charge is 0.490 e. The zero-order chi connectivity index (χ0) is 17.1. The molecule has 24 heavy (non-hydrogen) atoms. The van der Waals surface area contributed by atoms with Gasteiger partial charge in [-0.15, -0.1) is 0 Å². The van der Waals surface area contributed by atoms with Crippen LogP contribution in [-0.4, -0.2) is 26.2 Å². The SMILES string of the molecule is CCOc1ccc(/C=C2/C(=O)N(C)c3ccccc32)cc1OCC. The summed E-state index contributed by atoms with van der Waals surface area (Å²) in [5.41, 5.74) is 3.50. The summed E-state index contributed by atoms with van der Waals surface area (Å²) >= 11 is 0. The number of ether oxygens (including phenoxy) is 2. The van der Waals surface area contributed by atoms with Gasteiger partial charge < -0.3 is 14.4 Å². The van der Waals surface area contributed by atoms with Crippen LogP contribution in [0.15, 0.2) is 42.5 Å². The monoisotopic (exact) mass is 323 g/mol. The summed E-state index contributed by atoms with van der Waals surface area (Å²) in [4.78, 5) is 14.2. The van der Waals surface area contributed by atoms with Crippen molar-refractivity contribution in [2.75, 3.05) is 25.2 Å². The fourth-order valence-corrected chi connectivity index (χ4v) is 2.86.